The molecule has 1 aromatic carbocycles. The van der Waals surface area contributed by atoms with Crippen molar-refractivity contribution in [2.24, 2.45) is 5.73 Å². The Morgan fingerprint density at radius 3 is 2.57 bits per heavy atom. The number of benzene rings is 1. The van der Waals surface area contributed by atoms with Crippen LogP contribution in [0.25, 0.3) is 0 Å². The predicted molar refractivity (Wildman–Crippen MR) is 52.9 cm³/mol. The van der Waals surface area contributed by atoms with E-state index in [4.69, 9.17) is 5.73 Å². The summed E-state index contributed by atoms with van der Waals surface area (Å²) in [7, 11) is 0. The molecule has 14 heavy (non-hydrogen) atoms. The van der Waals surface area contributed by atoms with Crippen LogP contribution in [0.3, 0.4) is 0 Å². The highest BCUT2D eigenvalue weighted by molar-refractivity contribution is 5.85. The van der Waals surface area contributed by atoms with Gasteiger partial charge >= 0.3 is 0 Å². The molecule has 0 aromatic heterocycles. The normalized spacial score (nSPS) is 10.3. The molecule has 0 saturated carbocycles. The molecule has 4 nitrogen and oxygen atoms in total. The van der Waals surface area contributed by atoms with Gasteiger partial charge in [0.2, 0.25) is 12.5 Å². The fourth-order valence-electron chi connectivity index (χ4n) is 0.964. The average molecular weight is 191 g/mol. The monoisotopic (exact) mass is 191 g/mol. The first-order chi connectivity index (χ1) is 6.70. The van der Waals surface area contributed by atoms with Crippen LogP contribution in [-0.2, 0) is 4.79 Å². The maximum absolute atomic E-state index is 11.3. The minimum Gasteiger partial charge on any atom is -0.366 e. The number of hydrogen-bond acceptors (Lipinski definition) is 2. The number of carbonyl (C=O) groups excluding carboxylic acids is 1. The summed E-state index contributed by atoms with van der Waals surface area (Å²) in [5.41, 5.74) is 5.43. The second-order valence-electron chi connectivity index (χ2n) is 2.70. The maximum atomic E-state index is 11.3. The molecule has 0 spiro atoms. The van der Waals surface area contributed by atoms with Gasteiger partial charge in [-0.25, -0.2) is 0 Å². The SMILES string of the molecule is NC(=O)C=CC[N+](=O)c1ccccc1. The molecule has 0 fully saturated rings. The van der Waals surface area contributed by atoms with Crippen LogP contribution in [0.1, 0.15) is 0 Å². The number of nitroso groups, excluding NO2 is 1. The highest BCUT2D eigenvalue weighted by Gasteiger charge is 2.08. The number of rotatable bonds is 4. The quantitative estimate of drug-likeness (QED) is 0.573. The van der Waals surface area contributed by atoms with Gasteiger partial charge in [0.15, 0.2) is 0 Å². The molecular weight excluding hydrogens is 180 g/mol. The fraction of sp³-hybridized carbons (Fsp3) is 0.100. The number of carbonyl (C=O) groups is 1. The van der Waals surface area contributed by atoms with Gasteiger partial charge in [0.05, 0.1) is 0 Å². The van der Waals surface area contributed by atoms with E-state index in [1.807, 2.05) is 6.07 Å². The topological polar surface area (TPSA) is 63.2 Å². The highest BCUT2D eigenvalue weighted by Crippen LogP contribution is 2.08. The molecule has 0 heterocycles. The number of nitrogens with zero attached hydrogens (tertiary/aromatic N) is 1. The Morgan fingerprint density at radius 1 is 1.36 bits per heavy atom. The molecule has 0 bridgehead atoms. The Morgan fingerprint density at radius 2 is 2.00 bits per heavy atom. The number of para-hydroxylation sites is 1. The van der Waals surface area contributed by atoms with Crippen molar-refractivity contribution in [3.05, 3.63) is 47.4 Å². The zero-order chi connectivity index (χ0) is 10.4. The smallest absolute Gasteiger partial charge is 0.256 e. The largest absolute Gasteiger partial charge is 0.366 e. The summed E-state index contributed by atoms with van der Waals surface area (Å²) < 4.78 is 0.777. The number of hydrogen-bond donors (Lipinski definition) is 1. The van der Waals surface area contributed by atoms with E-state index in [-0.39, 0.29) is 6.54 Å². The molecule has 1 aromatic rings. The van der Waals surface area contributed by atoms with E-state index >= 15 is 0 Å². The lowest BCUT2D eigenvalue weighted by molar-refractivity contribution is -0.451. The van der Waals surface area contributed by atoms with Gasteiger partial charge in [-0.15, -0.1) is 0 Å². The summed E-state index contributed by atoms with van der Waals surface area (Å²) in [6, 6.07) is 8.78. The van der Waals surface area contributed by atoms with Crippen LogP contribution in [0.5, 0.6) is 0 Å². The van der Waals surface area contributed by atoms with Crippen molar-refractivity contribution in [2.45, 2.75) is 0 Å². The van der Waals surface area contributed by atoms with E-state index < -0.39 is 5.91 Å². The molecular formula is C10H11N2O2+. The first-order valence-electron chi connectivity index (χ1n) is 4.16. The summed E-state index contributed by atoms with van der Waals surface area (Å²) in [6.45, 7) is 0.118. The number of nitrogens with two attached hydrogens (primary N) is 1. The van der Waals surface area contributed by atoms with Crippen molar-refractivity contribution in [1.29, 1.82) is 0 Å². The predicted octanol–water partition coefficient (Wildman–Crippen LogP) is 1.14. The van der Waals surface area contributed by atoms with E-state index in [9.17, 15) is 9.70 Å². The molecule has 1 rings (SSSR count). The first-order valence-corrected chi connectivity index (χ1v) is 4.16. The minimum absolute atomic E-state index is 0.118. The van der Waals surface area contributed by atoms with Crippen molar-refractivity contribution in [3.63, 3.8) is 0 Å². The lowest BCUT2D eigenvalue weighted by atomic mass is 10.3. The van der Waals surface area contributed by atoms with Gasteiger partial charge in [-0.05, 0) is 6.08 Å². The third kappa shape index (κ3) is 3.18. The summed E-state index contributed by atoms with van der Waals surface area (Å²) in [4.78, 5) is 21.7. The van der Waals surface area contributed by atoms with Crippen molar-refractivity contribution in [1.82, 2.24) is 0 Å². The first kappa shape index (κ1) is 10.1. The van der Waals surface area contributed by atoms with Crippen LogP contribution < -0.4 is 5.73 Å². The van der Waals surface area contributed by atoms with E-state index in [1.54, 1.807) is 24.3 Å². The van der Waals surface area contributed by atoms with Crippen molar-refractivity contribution in [3.8, 4) is 0 Å². The molecule has 0 aliphatic rings. The zero-order valence-electron chi connectivity index (χ0n) is 7.59. The van der Waals surface area contributed by atoms with Crippen LogP contribution in [-0.4, -0.2) is 17.2 Å². The lowest BCUT2D eigenvalue weighted by Crippen LogP contribution is -2.07. The van der Waals surface area contributed by atoms with Crippen molar-refractivity contribution < 1.29 is 9.55 Å². The van der Waals surface area contributed by atoms with Gasteiger partial charge in [0, 0.05) is 27.9 Å². The van der Waals surface area contributed by atoms with Crippen LogP contribution in [0.15, 0.2) is 42.5 Å². The summed E-state index contributed by atoms with van der Waals surface area (Å²) in [5, 5.41) is 0. The molecule has 0 atom stereocenters. The molecule has 2 N–H and O–H groups in total. The van der Waals surface area contributed by atoms with Gasteiger partial charge in [-0.2, -0.15) is 0 Å². The highest BCUT2D eigenvalue weighted by atomic mass is 16.3. The van der Waals surface area contributed by atoms with Gasteiger partial charge in [0.25, 0.3) is 5.69 Å². The standard InChI is InChI=1S/C10H10N2O2/c11-10(13)7-4-8-12(14)9-5-2-1-3-6-9/h1-7H,8H2,(H-,11,13)/p+1. The summed E-state index contributed by atoms with van der Waals surface area (Å²) in [5.74, 6) is -0.550. The summed E-state index contributed by atoms with van der Waals surface area (Å²) >= 11 is 0. The Hall–Kier alpha value is -1.97. The molecule has 1 amide bonds. The second kappa shape index (κ2) is 4.91. The van der Waals surface area contributed by atoms with E-state index in [1.165, 1.54) is 12.2 Å². The Kier molecular flexibility index (Phi) is 3.55. The summed E-state index contributed by atoms with van der Waals surface area (Å²) in [6.07, 6.45) is 2.61. The van der Waals surface area contributed by atoms with Gasteiger partial charge in [0.1, 0.15) is 0 Å². The average Bonchev–Trinajstić information content (AvgIpc) is 2.18. The van der Waals surface area contributed by atoms with Crippen molar-refractivity contribution >= 4 is 11.6 Å². The Bertz CT molecular complexity index is 358. The van der Waals surface area contributed by atoms with Crippen LogP contribution in [0.4, 0.5) is 5.69 Å². The van der Waals surface area contributed by atoms with Crippen molar-refractivity contribution in [2.75, 3.05) is 6.54 Å². The minimum atomic E-state index is -0.550. The third-order valence-electron chi connectivity index (χ3n) is 1.60. The van der Waals surface area contributed by atoms with Gasteiger partial charge in [-0.3, -0.25) is 4.79 Å². The molecule has 0 unspecified atom stereocenters. The molecule has 72 valence electrons. The fourth-order valence-corrected chi connectivity index (χ4v) is 0.964. The molecule has 0 saturated heterocycles. The Labute approximate surface area is 81.6 Å². The van der Waals surface area contributed by atoms with Crippen LogP contribution >= 0.6 is 0 Å². The van der Waals surface area contributed by atoms with E-state index in [0.717, 1.165) is 4.76 Å². The number of primary amides is 1. The van der Waals surface area contributed by atoms with Crippen LogP contribution in [0.2, 0.25) is 0 Å². The maximum Gasteiger partial charge on any atom is 0.256 e. The molecule has 0 radical (unpaired) electrons. The third-order valence-corrected chi connectivity index (χ3v) is 1.60. The Balaban J connectivity index is 2.56. The van der Waals surface area contributed by atoms with E-state index in [0.29, 0.717) is 5.69 Å². The van der Waals surface area contributed by atoms with Crippen LogP contribution in [0, 0.1) is 4.91 Å². The molecule has 4 heteroatoms. The van der Waals surface area contributed by atoms with Gasteiger partial charge < -0.3 is 5.73 Å². The zero-order valence-corrected chi connectivity index (χ0v) is 7.59. The second-order valence-corrected chi connectivity index (χ2v) is 2.70. The lowest BCUT2D eigenvalue weighted by Gasteiger charge is -1.87. The van der Waals surface area contributed by atoms with Gasteiger partial charge in [-0.1, -0.05) is 18.2 Å². The van der Waals surface area contributed by atoms with E-state index in [2.05, 4.69) is 0 Å². The molecule has 0 aliphatic carbocycles. The molecule has 0 aliphatic heterocycles. The number of amides is 1.